The Balaban J connectivity index is 1.34. The lowest BCUT2D eigenvalue weighted by Crippen LogP contribution is -2.14. The van der Waals surface area contributed by atoms with Crippen molar-refractivity contribution >= 4 is 33.6 Å². The molecule has 0 saturated carbocycles. The standard InChI is InChI=1S/C22H22N2O3S/c25-19(27-14-6-9-15-7-2-1-3-8-15)13-12-18-23-21(26)20-16-10-4-5-11-17(16)28-22(20)24-18/h1-3,6-9H,4-5,10-14H2,(H,23,24,26)/b9-6+. The first kappa shape index (κ1) is 18.6. The van der Waals surface area contributed by atoms with Gasteiger partial charge in [0, 0.05) is 11.3 Å². The van der Waals surface area contributed by atoms with Crippen LogP contribution in [-0.4, -0.2) is 22.5 Å². The molecule has 0 saturated heterocycles. The Kier molecular flexibility index (Phi) is 5.67. The Bertz CT molecular complexity index is 1070. The molecule has 3 aromatic rings. The molecule has 0 amide bonds. The summed E-state index contributed by atoms with van der Waals surface area (Å²) in [5.41, 5.74) is 2.15. The second kappa shape index (κ2) is 8.52. The Morgan fingerprint density at radius 1 is 1.21 bits per heavy atom. The molecule has 4 rings (SSSR count). The molecule has 0 aliphatic heterocycles. The number of nitrogens with one attached hydrogen (secondary N) is 1. The van der Waals surface area contributed by atoms with Gasteiger partial charge in [0.05, 0.1) is 11.8 Å². The topological polar surface area (TPSA) is 72.0 Å². The first-order valence-electron chi connectivity index (χ1n) is 9.61. The van der Waals surface area contributed by atoms with Gasteiger partial charge in [-0.15, -0.1) is 11.3 Å². The zero-order chi connectivity index (χ0) is 19.3. The molecule has 1 aliphatic carbocycles. The highest BCUT2D eigenvalue weighted by Gasteiger charge is 2.19. The third-order valence-corrected chi connectivity index (χ3v) is 6.08. The van der Waals surface area contributed by atoms with Crippen molar-refractivity contribution in [3.05, 3.63) is 68.6 Å². The van der Waals surface area contributed by atoms with Crippen LogP contribution in [-0.2, 0) is 28.8 Å². The summed E-state index contributed by atoms with van der Waals surface area (Å²) in [5, 5.41) is 0.747. The summed E-state index contributed by atoms with van der Waals surface area (Å²) in [4.78, 5) is 34.0. The van der Waals surface area contributed by atoms with Gasteiger partial charge in [0.25, 0.3) is 5.56 Å². The van der Waals surface area contributed by atoms with Crippen molar-refractivity contribution in [1.29, 1.82) is 0 Å². The van der Waals surface area contributed by atoms with E-state index in [4.69, 9.17) is 4.74 Å². The molecule has 2 heterocycles. The van der Waals surface area contributed by atoms with Crippen LogP contribution in [0.2, 0.25) is 0 Å². The number of carbonyl (C=O) groups excluding carboxylic acids is 1. The van der Waals surface area contributed by atoms with Gasteiger partial charge in [-0.1, -0.05) is 36.4 Å². The van der Waals surface area contributed by atoms with Crippen LogP contribution >= 0.6 is 11.3 Å². The third kappa shape index (κ3) is 4.22. The Morgan fingerprint density at radius 2 is 2.04 bits per heavy atom. The van der Waals surface area contributed by atoms with Gasteiger partial charge in [0.15, 0.2) is 0 Å². The average Bonchev–Trinajstić information content (AvgIpc) is 3.09. The van der Waals surface area contributed by atoms with E-state index >= 15 is 0 Å². The van der Waals surface area contributed by atoms with Gasteiger partial charge >= 0.3 is 5.97 Å². The van der Waals surface area contributed by atoms with E-state index in [1.165, 1.54) is 16.9 Å². The highest BCUT2D eigenvalue weighted by molar-refractivity contribution is 7.18. The SMILES string of the molecule is O=C(CCc1nc2sc3c(c2c(=O)[nH]1)CCCC3)OC/C=C/c1ccccc1. The second-order valence-corrected chi connectivity index (χ2v) is 7.98. The largest absolute Gasteiger partial charge is 0.461 e. The van der Waals surface area contributed by atoms with Crippen LogP contribution in [0, 0.1) is 0 Å². The second-order valence-electron chi connectivity index (χ2n) is 6.90. The first-order chi connectivity index (χ1) is 13.7. The molecule has 0 fully saturated rings. The highest BCUT2D eigenvalue weighted by Crippen LogP contribution is 2.33. The third-order valence-electron chi connectivity index (χ3n) is 4.89. The molecular formula is C22H22N2O3S. The molecule has 6 heteroatoms. The normalized spacial score (nSPS) is 13.7. The Labute approximate surface area is 167 Å². The molecule has 144 valence electrons. The molecule has 0 spiro atoms. The number of benzene rings is 1. The maximum Gasteiger partial charge on any atom is 0.306 e. The van der Waals surface area contributed by atoms with Crippen LogP contribution in [0.4, 0.5) is 0 Å². The van der Waals surface area contributed by atoms with Gasteiger partial charge in [-0.3, -0.25) is 9.59 Å². The molecule has 1 aliphatic rings. The number of hydrogen-bond donors (Lipinski definition) is 1. The number of carbonyl (C=O) groups is 1. The number of H-pyrrole nitrogens is 1. The zero-order valence-electron chi connectivity index (χ0n) is 15.6. The quantitative estimate of drug-likeness (QED) is 0.640. The summed E-state index contributed by atoms with van der Waals surface area (Å²) in [6, 6.07) is 9.84. The van der Waals surface area contributed by atoms with E-state index in [2.05, 4.69) is 9.97 Å². The van der Waals surface area contributed by atoms with Gasteiger partial charge in [-0.2, -0.15) is 0 Å². The van der Waals surface area contributed by atoms with E-state index in [1.807, 2.05) is 42.5 Å². The maximum atomic E-state index is 12.5. The van der Waals surface area contributed by atoms with Crippen molar-refractivity contribution in [2.24, 2.45) is 0 Å². The maximum absolute atomic E-state index is 12.5. The number of aromatic nitrogens is 2. The highest BCUT2D eigenvalue weighted by atomic mass is 32.1. The molecule has 5 nitrogen and oxygen atoms in total. The molecule has 0 unspecified atom stereocenters. The summed E-state index contributed by atoms with van der Waals surface area (Å²) < 4.78 is 5.23. The number of esters is 1. The van der Waals surface area contributed by atoms with Crippen molar-refractivity contribution < 1.29 is 9.53 Å². The lowest BCUT2D eigenvalue weighted by atomic mass is 9.97. The Hall–Kier alpha value is -2.73. The minimum Gasteiger partial charge on any atom is -0.461 e. The number of nitrogens with zero attached hydrogens (tertiary/aromatic N) is 1. The van der Waals surface area contributed by atoms with E-state index in [-0.39, 0.29) is 24.6 Å². The summed E-state index contributed by atoms with van der Waals surface area (Å²) in [5.74, 6) is 0.249. The van der Waals surface area contributed by atoms with Gasteiger partial charge in [-0.05, 0) is 42.9 Å². The number of thiophene rings is 1. The minimum absolute atomic E-state index is 0.0847. The summed E-state index contributed by atoms with van der Waals surface area (Å²) >= 11 is 1.62. The zero-order valence-corrected chi connectivity index (χ0v) is 16.4. The van der Waals surface area contributed by atoms with Crippen LogP contribution in [0.15, 0.2) is 41.2 Å². The molecule has 2 aromatic heterocycles. The smallest absolute Gasteiger partial charge is 0.306 e. The number of rotatable bonds is 6. The number of fused-ring (bicyclic) bond motifs is 3. The van der Waals surface area contributed by atoms with Crippen LogP contribution < -0.4 is 5.56 Å². The van der Waals surface area contributed by atoms with E-state index in [0.29, 0.717) is 12.2 Å². The molecule has 0 bridgehead atoms. The van der Waals surface area contributed by atoms with Crippen molar-refractivity contribution in [3.63, 3.8) is 0 Å². The number of ether oxygens (including phenoxy) is 1. The lowest BCUT2D eigenvalue weighted by molar-refractivity contribution is -0.142. The van der Waals surface area contributed by atoms with Crippen LogP contribution in [0.1, 0.15) is 41.1 Å². The van der Waals surface area contributed by atoms with Crippen LogP contribution in [0.3, 0.4) is 0 Å². The molecule has 1 N–H and O–H groups in total. The van der Waals surface area contributed by atoms with Gasteiger partial charge in [0.2, 0.25) is 0 Å². The van der Waals surface area contributed by atoms with Gasteiger partial charge in [0.1, 0.15) is 17.3 Å². The fraction of sp³-hybridized carbons (Fsp3) is 0.318. The summed E-state index contributed by atoms with van der Waals surface area (Å²) in [6.07, 6.45) is 8.60. The Morgan fingerprint density at radius 3 is 2.89 bits per heavy atom. The van der Waals surface area contributed by atoms with E-state index < -0.39 is 0 Å². The summed E-state index contributed by atoms with van der Waals surface area (Å²) in [7, 11) is 0. The molecular weight excluding hydrogens is 372 g/mol. The average molecular weight is 394 g/mol. The van der Waals surface area contributed by atoms with Gasteiger partial charge < -0.3 is 9.72 Å². The lowest BCUT2D eigenvalue weighted by Gasteiger charge is -2.09. The van der Waals surface area contributed by atoms with E-state index in [0.717, 1.165) is 35.0 Å². The molecule has 0 radical (unpaired) electrons. The van der Waals surface area contributed by atoms with Crippen LogP contribution in [0.25, 0.3) is 16.3 Å². The van der Waals surface area contributed by atoms with E-state index in [1.54, 1.807) is 11.3 Å². The predicted octanol–water partition coefficient (Wildman–Crippen LogP) is 4.05. The van der Waals surface area contributed by atoms with Crippen molar-refractivity contribution in [2.75, 3.05) is 6.61 Å². The summed E-state index contributed by atoms with van der Waals surface area (Å²) in [6.45, 7) is 0.231. The fourth-order valence-corrected chi connectivity index (χ4v) is 4.79. The number of hydrogen-bond acceptors (Lipinski definition) is 5. The number of aromatic amines is 1. The van der Waals surface area contributed by atoms with Gasteiger partial charge in [-0.25, -0.2) is 4.98 Å². The predicted molar refractivity (Wildman–Crippen MR) is 112 cm³/mol. The molecule has 1 aromatic carbocycles. The fourth-order valence-electron chi connectivity index (χ4n) is 3.51. The van der Waals surface area contributed by atoms with Crippen molar-refractivity contribution in [3.8, 4) is 0 Å². The van der Waals surface area contributed by atoms with E-state index in [9.17, 15) is 9.59 Å². The minimum atomic E-state index is -0.300. The van der Waals surface area contributed by atoms with Crippen LogP contribution in [0.5, 0.6) is 0 Å². The monoisotopic (exact) mass is 394 g/mol. The van der Waals surface area contributed by atoms with Crippen molar-refractivity contribution in [2.45, 2.75) is 38.5 Å². The first-order valence-corrected chi connectivity index (χ1v) is 10.4. The molecule has 0 atom stereocenters. The molecule has 28 heavy (non-hydrogen) atoms. The number of aryl methyl sites for hydroxylation is 3. The van der Waals surface area contributed by atoms with Crippen molar-refractivity contribution in [1.82, 2.24) is 9.97 Å².